The molecule has 0 bridgehead atoms. The van der Waals surface area contributed by atoms with Crippen molar-refractivity contribution in [3.8, 4) is 33.9 Å². The van der Waals surface area contributed by atoms with Crippen LogP contribution in [0.3, 0.4) is 0 Å². The van der Waals surface area contributed by atoms with Gasteiger partial charge in [-0.15, -0.1) is 0 Å². The van der Waals surface area contributed by atoms with Crippen molar-refractivity contribution in [3.63, 3.8) is 0 Å². The maximum Gasteiger partial charge on any atom is 0.130 e. The van der Waals surface area contributed by atoms with Gasteiger partial charge in [-0.1, -0.05) is 29.8 Å². The zero-order valence-electron chi connectivity index (χ0n) is 12.1. The van der Waals surface area contributed by atoms with Gasteiger partial charge in [-0.25, -0.2) is 0 Å². The first-order chi connectivity index (χ1) is 10.2. The zero-order chi connectivity index (χ0) is 14.8. The second kappa shape index (κ2) is 5.37. The van der Waals surface area contributed by atoms with Crippen LogP contribution in [0.1, 0.15) is 5.56 Å². The highest BCUT2D eigenvalue weighted by atomic mass is 16.5. The van der Waals surface area contributed by atoms with Crippen molar-refractivity contribution in [3.05, 3.63) is 60.3 Å². The number of rotatable bonds is 3. The van der Waals surface area contributed by atoms with Gasteiger partial charge in [-0.3, -0.25) is 0 Å². The van der Waals surface area contributed by atoms with Gasteiger partial charge in [-0.05, 0) is 30.7 Å². The molecule has 0 spiro atoms. The van der Waals surface area contributed by atoms with E-state index in [4.69, 9.17) is 4.74 Å². The van der Waals surface area contributed by atoms with Crippen molar-refractivity contribution in [2.24, 2.45) is 0 Å². The number of benzene rings is 2. The summed E-state index contributed by atoms with van der Waals surface area (Å²) in [6, 6.07) is 15.6. The molecule has 0 fully saturated rings. The molecular formula is C18H17NO2. The first-order valence-corrected chi connectivity index (χ1v) is 6.80. The molecule has 0 aliphatic heterocycles. The highest BCUT2D eigenvalue weighted by Gasteiger charge is 2.09. The summed E-state index contributed by atoms with van der Waals surface area (Å²) >= 11 is 0. The number of ether oxygens (including phenoxy) is 1. The molecule has 0 amide bonds. The van der Waals surface area contributed by atoms with Gasteiger partial charge in [-0.2, -0.15) is 0 Å². The van der Waals surface area contributed by atoms with Crippen molar-refractivity contribution in [1.82, 2.24) is 4.98 Å². The van der Waals surface area contributed by atoms with Gasteiger partial charge in [0.1, 0.15) is 11.5 Å². The largest absolute Gasteiger partial charge is 0.508 e. The van der Waals surface area contributed by atoms with Crippen LogP contribution in [-0.4, -0.2) is 17.2 Å². The van der Waals surface area contributed by atoms with E-state index in [2.05, 4.69) is 42.2 Å². The molecule has 0 radical (unpaired) electrons. The molecule has 0 aliphatic rings. The number of phenolic OH excluding ortho intramolecular Hbond substituents is 1. The summed E-state index contributed by atoms with van der Waals surface area (Å²) in [4.78, 5) is 3.29. The number of aromatic amines is 1. The van der Waals surface area contributed by atoms with Crippen molar-refractivity contribution < 1.29 is 9.84 Å². The predicted octanol–water partition coefficient (Wildman–Crippen LogP) is 4.37. The van der Waals surface area contributed by atoms with Gasteiger partial charge >= 0.3 is 0 Å². The Bertz CT molecular complexity index is 757. The Morgan fingerprint density at radius 3 is 2.43 bits per heavy atom. The lowest BCUT2D eigenvalue weighted by Crippen LogP contribution is -1.86. The first-order valence-electron chi connectivity index (χ1n) is 6.80. The highest BCUT2D eigenvalue weighted by Crippen LogP contribution is 2.34. The lowest BCUT2D eigenvalue weighted by atomic mass is 10.1. The van der Waals surface area contributed by atoms with Crippen molar-refractivity contribution >= 4 is 0 Å². The molecule has 0 aliphatic carbocycles. The molecule has 3 aromatic rings. The Kier molecular flexibility index (Phi) is 3.40. The molecule has 2 aromatic carbocycles. The van der Waals surface area contributed by atoms with Crippen LogP contribution in [0.2, 0.25) is 0 Å². The van der Waals surface area contributed by atoms with E-state index in [0.717, 1.165) is 22.4 Å². The number of aromatic nitrogens is 1. The van der Waals surface area contributed by atoms with E-state index in [1.807, 2.05) is 12.3 Å². The summed E-state index contributed by atoms with van der Waals surface area (Å²) in [6.07, 6.45) is 1.95. The maximum atomic E-state index is 9.54. The minimum atomic E-state index is 0.199. The van der Waals surface area contributed by atoms with Crippen molar-refractivity contribution in [2.45, 2.75) is 6.92 Å². The molecular weight excluding hydrogens is 262 g/mol. The predicted molar refractivity (Wildman–Crippen MR) is 84.6 cm³/mol. The molecule has 3 nitrogen and oxygen atoms in total. The quantitative estimate of drug-likeness (QED) is 0.747. The van der Waals surface area contributed by atoms with Crippen LogP contribution in [0.15, 0.2) is 54.7 Å². The second-order valence-electron chi connectivity index (χ2n) is 5.05. The number of aryl methyl sites for hydroxylation is 1. The van der Waals surface area contributed by atoms with E-state index in [0.29, 0.717) is 5.75 Å². The fourth-order valence-electron chi connectivity index (χ4n) is 2.37. The normalized spacial score (nSPS) is 10.6. The van der Waals surface area contributed by atoms with Gasteiger partial charge in [0.15, 0.2) is 0 Å². The lowest BCUT2D eigenvalue weighted by molar-refractivity contribution is 0.409. The van der Waals surface area contributed by atoms with Crippen LogP contribution in [0.25, 0.3) is 22.4 Å². The summed E-state index contributed by atoms with van der Waals surface area (Å²) in [7, 11) is 1.60. The van der Waals surface area contributed by atoms with Gasteiger partial charge in [0.25, 0.3) is 0 Å². The molecule has 0 atom stereocenters. The Labute approximate surface area is 123 Å². The third kappa shape index (κ3) is 2.63. The molecule has 0 unspecified atom stereocenters. The van der Waals surface area contributed by atoms with Crippen LogP contribution in [-0.2, 0) is 0 Å². The lowest BCUT2D eigenvalue weighted by Gasteiger charge is -2.07. The SMILES string of the molecule is COc1cc(O)ccc1-c1c[nH]c(-c2ccc(C)cc2)c1. The monoisotopic (exact) mass is 279 g/mol. The van der Waals surface area contributed by atoms with Crippen LogP contribution in [0.4, 0.5) is 0 Å². The standard InChI is InChI=1S/C18H17NO2/c1-12-3-5-13(6-4-12)17-9-14(11-19-17)16-8-7-15(20)10-18(16)21-2/h3-11,19-20H,1-2H3. The summed E-state index contributed by atoms with van der Waals surface area (Å²) in [5.41, 5.74) is 5.42. The molecule has 1 heterocycles. The second-order valence-corrected chi connectivity index (χ2v) is 5.05. The van der Waals surface area contributed by atoms with Gasteiger partial charge < -0.3 is 14.8 Å². The van der Waals surface area contributed by atoms with Gasteiger partial charge in [0, 0.05) is 29.1 Å². The Balaban J connectivity index is 2.00. The molecule has 0 saturated heterocycles. The fraction of sp³-hybridized carbons (Fsp3) is 0.111. The topological polar surface area (TPSA) is 45.2 Å². The number of aromatic hydroxyl groups is 1. The average molecular weight is 279 g/mol. The molecule has 0 saturated carbocycles. The zero-order valence-corrected chi connectivity index (χ0v) is 12.1. The first kappa shape index (κ1) is 13.3. The van der Waals surface area contributed by atoms with E-state index in [-0.39, 0.29) is 5.75 Å². The van der Waals surface area contributed by atoms with E-state index in [9.17, 15) is 5.11 Å². The van der Waals surface area contributed by atoms with Crippen LogP contribution in [0, 0.1) is 6.92 Å². The minimum absolute atomic E-state index is 0.199. The van der Waals surface area contributed by atoms with Crippen LogP contribution in [0.5, 0.6) is 11.5 Å². The van der Waals surface area contributed by atoms with Crippen LogP contribution < -0.4 is 4.74 Å². The maximum absolute atomic E-state index is 9.54. The number of methoxy groups -OCH3 is 1. The summed E-state index contributed by atoms with van der Waals surface area (Å²) < 4.78 is 5.34. The minimum Gasteiger partial charge on any atom is -0.508 e. The summed E-state index contributed by atoms with van der Waals surface area (Å²) in [6.45, 7) is 2.07. The van der Waals surface area contributed by atoms with E-state index in [1.54, 1.807) is 19.2 Å². The molecule has 1 aromatic heterocycles. The number of hydrogen-bond acceptors (Lipinski definition) is 2. The highest BCUT2D eigenvalue weighted by molar-refractivity contribution is 5.76. The smallest absolute Gasteiger partial charge is 0.130 e. The van der Waals surface area contributed by atoms with E-state index < -0.39 is 0 Å². The van der Waals surface area contributed by atoms with Crippen molar-refractivity contribution in [1.29, 1.82) is 0 Å². The number of hydrogen-bond donors (Lipinski definition) is 2. The van der Waals surface area contributed by atoms with Gasteiger partial charge in [0.05, 0.1) is 7.11 Å². The molecule has 2 N–H and O–H groups in total. The fourth-order valence-corrected chi connectivity index (χ4v) is 2.37. The summed E-state index contributed by atoms with van der Waals surface area (Å²) in [5, 5.41) is 9.54. The Morgan fingerprint density at radius 1 is 0.952 bits per heavy atom. The Morgan fingerprint density at radius 2 is 1.71 bits per heavy atom. The average Bonchev–Trinajstić information content (AvgIpc) is 2.97. The number of phenols is 1. The van der Waals surface area contributed by atoms with E-state index in [1.165, 1.54) is 5.56 Å². The number of H-pyrrole nitrogens is 1. The molecule has 21 heavy (non-hydrogen) atoms. The molecule has 106 valence electrons. The third-order valence-electron chi connectivity index (χ3n) is 3.54. The number of nitrogens with one attached hydrogen (secondary N) is 1. The Hall–Kier alpha value is -2.68. The van der Waals surface area contributed by atoms with Gasteiger partial charge in [0.2, 0.25) is 0 Å². The van der Waals surface area contributed by atoms with E-state index >= 15 is 0 Å². The molecule has 3 heteroatoms. The molecule has 3 rings (SSSR count). The van der Waals surface area contributed by atoms with Crippen molar-refractivity contribution in [2.75, 3.05) is 7.11 Å². The summed E-state index contributed by atoms with van der Waals surface area (Å²) in [5.74, 6) is 0.856. The third-order valence-corrected chi connectivity index (χ3v) is 3.54. The van der Waals surface area contributed by atoms with Crippen LogP contribution >= 0.6 is 0 Å².